The third-order valence-corrected chi connectivity index (χ3v) is 7.79. The van der Waals surface area contributed by atoms with Crippen molar-refractivity contribution in [1.82, 2.24) is 10.2 Å². The maximum atomic E-state index is 13.7. The van der Waals surface area contributed by atoms with Crippen molar-refractivity contribution in [3.05, 3.63) is 87.6 Å². The van der Waals surface area contributed by atoms with E-state index in [2.05, 4.69) is 47.6 Å². The Kier molecular flexibility index (Phi) is 7.48. The molecule has 0 bridgehead atoms. The summed E-state index contributed by atoms with van der Waals surface area (Å²) in [6.45, 7) is 7.27. The molecule has 3 aliphatic heterocycles. The average molecular weight is 517 g/mol. The van der Waals surface area contributed by atoms with Gasteiger partial charge in [-0.1, -0.05) is 53.7 Å². The molecule has 192 valence electrons. The fraction of sp³-hybridized carbons (Fsp3) is 0.345. The average Bonchev–Trinajstić information content (AvgIpc) is 3.54. The van der Waals surface area contributed by atoms with E-state index in [0.717, 1.165) is 52.7 Å². The normalized spacial score (nSPS) is 20.9. The third kappa shape index (κ3) is 5.50. The first kappa shape index (κ1) is 25.3. The van der Waals surface area contributed by atoms with Gasteiger partial charge in [0.05, 0.1) is 29.8 Å². The minimum Gasteiger partial charge on any atom is -0.376 e. The Morgan fingerprint density at radius 1 is 1.14 bits per heavy atom. The van der Waals surface area contributed by atoms with Gasteiger partial charge in [0.2, 0.25) is 5.91 Å². The first-order valence-electron chi connectivity index (χ1n) is 12.7. The quantitative estimate of drug-likeness (QED) is 0.528. The van der Waals surface area contributed by atoms with E-state index >= 15 is 0 Å². The van der Waals surface area contributed by atoms with E-state index in [1.807, 2.05) is 42.7 Å². The highest BCUT2D eigenvalue weighted by molar-refractivity contribution is 8.16. The predicted molar refractivity (Wildman–Crippen MR) is 148 cm³/mol. The molecule has 3 aliphatic rings. The van der Waals surface area contributed by atoms with Gasteiger partial charge in [0.25, 0.3) is 5.91 Å². The molecule has 2 aromatic carbocycles. The zero-order valence-corrected chi connectivity index (χ0v) is 22.2. The molecule has 0 saturated carbocycles. The smallest absolute Gasteiger partial charge is 0.255 e. The van der Waals surface area contributed by atoms with Crippen LogP contribution >= 0.6 is 11.8 Å². The number of aliphatic imine (C=N–C) groups is 1. The van der Waals surface area contributed by atoms with Crippen LogP contribution in [0.15, 0.2) is 75.9 Å². The molecule has 8 heteroatoms. The molecule has 2 N–H and O–H groups in total. The minimum absolute atomic E-state index is 0.0649. The SMILES string of the molecule is CC1=C(C(=O)Nc2ccccc2)[C@@H](c2cc(C)ccc2C)N2C(CC(=O)NC[C@H]3CCCO3)=CSC2=N1. The van der Waals surface area contributed by atoms with Crippen molar-refractivity contribution in [2.45, 2.75) is 52.2 Å². The fourth-order valence-corrected chi connectivity index (χ4v) is 5.95. The summed E-state index contributed by atoms with van der Waals surface area (Å²) in [5.41, 5.74) is 6.02. The van der Waals surface area contributed by atoms with Crippen molar-refractivity contribution in [2.75, 3.05) is 18.5 Å². The number of para-hydroxylation sites is 1. The van der Waals surface area contributed by atoms with Gasteiger partial charge in [-0.05, 0) is 62.3 Å². The van der Waals surface area contributed by atoms with Crippen molar-refractivity contribution in [3.8, 4) is 0 Å². The van der Waals surface area contributed by atoms with Crippen molar-refractivity contribution >= 4 is 34.4 Å². The van der Waals surface area contributed by atoms with Gasteiger partial charge < -0.3 is 20.3 Å². The van der Waals surface area contributed by atoms with Crippen LogP contribution in [0.25, 0.3) is 0 Å². The number of hydrogen-bond acceptors (Lipinski definition) is 6. The Bertz CT molecular complexity index is 1300. The van der Waals surface area contributed by atoms with Crippen molar-refractivity contribution < 1.29 is 14.3 Å². The van der Waals surface area contributed by atoms with Crippen molar-refractivity contribution in [3.63, 3.8) is 0 Å². The van der Waals surface area contributed by atoms with Crippen LogP contribution in [0, 0.1) is 13.8 Å². The Morgan fingerprint density at radius 2 is 1.95 bits per heavy atom. The number of benzene rings is 2. The Morgan fingerprint density at radius 3 is 2.70 bits per heavy atom. The number of aryl methyl sites for hydroxylation is 2. The van der Waals surface area contributed by atoms with Gasteiger partial charge in [-0.15, -0.1) is 0 Å². The van der Waals surface area contributed by atoms with Gasteiger partial charge in [0, 0.05) is 24.5 Å². The summed E-state index contributed by atoms with van der Waals surface area (Å²) in [7, 11) is 0. The molecule has 0 spiro atoms. The number of ether oxygens (including phenoxy) is 1. The summed E-state index contributed by atoms with van der Waals surface area (Å²) in [6, 6.07) is 15.3. The number of nitrogens with one attached hydrogen (secondary N) is 2. The van der Waals surface area contributed by atoms with Crippen LogP contribution in [-0.4, -0.2) is 41.1 Å². The zero-order chi connectivity index (χ0) is 25.9. The molecule has 2 amide bonds. The molecule has 7 nitrogen and oxygen atoms in total. The number of carbonyl (C=O) groups is 2. The van der Waals surface area contributed by atoms with Crippen LogP contribution in [0.2, 0.25) is 0 Å². The summed E-state index contributed by atoms with van der Waals surface area (Å²) < 4.78 is 5.65. The van der Waals surface area contributed by atoms with Crippen LogP contribution in [0.3, 0.4) is 0 Å². The standard InChI is InChI=1S/C29H32N4O3S/c1-18-11-12-19(2)24(14-18)27-26(28(35)32-21-8-5-4-6-9-21)20(3)31-29-33(27)22(17-37-29)15-25(34)30-16-23-10-7-13-36-23/h4-6,8-9,11-12,14,17,23,27H,7,10,13,15-16H2,1-3H3,(H,30,34)(H,32,35)/t23-,27-/m1/s1. The first-order chi connectivity index (χ1) is 17.9. The van der Waals surface area contributed by atoms with Crippen molar-refractivity contribution in [2.24, 2.45) is 4.99 Å². The second-order valence-electron chi connectivity index (χ2n) is 9.69. The fourth-order valence-electron chi connectivity index (χ4n) is 4.99. The number of thioether (sulfide) groups is 1. The van der Waals surface area contributed by atoms with Crippen molar-refractivity contribution in [1.29, 1.82) is 0 Å². The lowest BCUT2D eigenvalue weighted by atomic mass is 9.89. The monoisotopic (exact) mass is 516 g/mol. The number of hydrogen-bond donors (Lipinski definition) is 2. The largest absolute Gasteiger partial charge is 0.376 e. The Balaban J connectivity index is 1.46. The molecular weight excluding hydrogens is 484 g/mol. The number of anilines is 1. The van der Waals surface area contributed by atoms with E-state index in [9.17, 15) is 9.59 Å². The summed E-state index contributed by atoms with van der Waals surface area (Å²) in [4.78, 5) is 33.5. The number of fused-ring (bicyclic) bond motifs is 1. The lowest BCUT2D eigenvalue weighted by molar-refractivity contribution is -0.121. The number of rotatable bonds is 7. The number of amides is 2. The third-order valence-electron chi connectivity index (χ3n) is 6.90. The van der Waals surface area contributed by atoms with Gasteiger partial charge in [0.1, 0.15) is 0 Å². The number of allylic oxidation sites excluding steroid dienone is 1. The molecule has 2 atom stereocenters. The van der Waals surface area contributed by atoms with E-state index in [-0.39, 0.29) is 24.3 Å². The molecule has 0 radical (unpaired) electrons. The topological polar surface area (TPSA) is 83.0 Å². The minimum atomic E-state index is -0.400. The highest BCUT2D eigenvalue weighted by Gasteiger charge is 2.41. The molecule has 0 aliphatic carbocycles. The van der Waals surface area contributed by atoms with Crippen LogP contribution in [0.5, 0.6) is 0 Å². The zero-order valence-electron chi connectivity index (χ0n) is 21.4. The molecule has 0 aromatic heterocycles. The molecule has 1 fully saturated rings. The van der Waals surface area contributed by atoms with Gasteiger partial charge in [-0.2, -0.15) is 0 Å². The highest BCUT2D eigenvalue weighted by atomic mass is 32.2. The lowest BCUT2D eigenvalue weighted by Gasteiger charge is -2.37. The van der Waals surface area contributed by atoms with Gasteiger partial charge in [0.15, 0.2) is 5.17 Å². The molecule has 3 heterocycles. The van der Waals surface area contributed by atoms with Crippen LogP contribution < -0.4 is 10.6 Å². The molecule has 0 unspecified atom stereocenters. The highest BCUT2D eigenvalue weighted by Crippen LogP contribution is 2.45. The number of amidine groups is 1. The maximum Gasteiger partial charge on any atom is 0.255 e. The molecular formula is C29H32N4O3S. The number of carbonyl (C=O) groups excluding carboxylic acids is 2. The molecule has 2 aromatic rings. The van der Waals surface area contributed by atoms with Gasteiger partial charge >= 0.3 is 0 Å². The summed E-state index contributed by atoms with van der Waals surface area (Å²) in [5.74, 6) is -0.263. The van der Waals surface area contributed by atoms with Crippen LogP contribution in [0.1, 0.15) is 48.9 Å². The lowest BCUT2D eigenvalue weighted by Crippen LogP contribution is -2.39. The first-order valence-corrected chi connectivity index (χ1v) is 13.5. The van der Waals surface area contributed by atoms with E-state index in [1.54, 1.807) is 0 Å². The Labute approximate surface area is 222 Å². The van der Waals surface area contributed by atoms with Gasteiger partial charge in [-0.25, -0.2) is 4.99 Å². The van der Waals surface area contributed by atoms with E-state index < -0.39 is 6.04 Å². The second-order valence-corrected chi connectivity index (χ2v) is 10.5. The van der Waals surface area contributed by atoms with E-state index in [4.69, 9.17) is 9.73 Å². The van der Waals surface area contributed by atoms with E-state index in [1.165, 1.54) is 11.8 Å². The van der Waals surface area contributed by atoms with Gasteiger partial charge in [-0.3, -0.25) is 9.59 Å². The van der Waals surface area contributed by atoms with Crippen LogP contribution in [-0.2, 0) is 14.3 Å². The predicted octanol–water partition coefficient (Wildman–Crippen LogP) is 5.20. The maximum absolute atomic E-state index is 13.7. The number of nitrogens with zero attached hydrogens (tertiary/aromatic N) is 2. The van der Waals surface area contributed by atoms with E-state index in [0.29, 0.717) is 17.8 Å². The molecule has 1 saturated heterocycles. The molecule has 5 rings (SSSR count). The summed E-state index contributed by atoms with van der Waals surface area (Å²) in [5, 5.41) is 8.84. The van der Waals surface area contributed by atoms with Crippen LogP contribution in [0.4, 0.5) is 5.69 Å². The second kappa shape index (κ2) is 10.9. The molecule has 37 heavy (non-hydrogen) atoms. The summed E-state index contributed by atoms with van der Waals surface area (Å²) in [6.07, 6.45) is 2.30. The summed E-state index contributed by atoms with van der Waals surface area (Å²) >= 11 is 1.49. The Hall–Kier alpha value is -3.36.